The second-order valence-electron chi connectivity index (χ2n) is 5.42. The highest BCUT2D eigenvalue weighted by Gasteiger charge is 2.20. The van der Waals surface area contributed by atoms with E-state index in [2.05, 4.69) is 10.6 Å². The van der Waals surface area contributed by atoms with Crippen LogP contribution in [0, 0.1) is 0 Å². The van der Waals surface area contributed by atoms with Crippen LogP contribution in [0.1, 0.15) is 26.7 Å². The van der Waals surface area contributed by atoms with Crippen molar-refractivity contribution in [2.24, 2.45) is 0 Å². The zero-order valence-electron chi connectivity index (χ0n) is 13.4. The molecular formula is C16H24N2O5. The van der Waals surface area contributed by atoms with Gasteiger partial charge in [0.1, 0.15) is 11.8 Å². The van der Waals surface area contributed by atoms with E-state index in [0.29, 0.717) is 25.3 Å². The molecule has 7 heteroatoms. The number of rotatable bonds is 10. The fraction of sp³-hybridized carbons (Fsp3) is 0.500. The van der Waals surface area contributed by atoms with Crippen molar-refractivity contribution in [2.75, 3.05) is 18.5 Å². The molecule has 0 spiro atoms. The lowest BCUT2D eigenvalue weighted by Crippen LogP contribution is -2.40. The number of phenolic OH excluding ortho intramolecular Hbond substituents is 1. The molecule has 1 rings (SSSR count). The van der Waals surface area contributed by atoms with E-state index in [0.717, 1.165) is 0 Å². The van der Waals surface area contributed by atoms with Gasteiger partial charge in [-0.2, -0.15) is 0 Å². The number of carboxylic acids is 1. The third-order valence-electron chi connectivity index (χ3n) is 3.00. The van der Waals surface area contributed by atoms with Gasteiger partial charge in [0, 0.05) is 12.3 Å². The van der Waals surface area contributed by atoms with Crippen LogP contribution in [0.5, 0.6) is 5.75 Å². The Morgan fingerprint density at radius 1 is 1.22 bits per heavy atom. The number of carbonyl (C=O) groups is 2. The molecule has 1 amide bonds. The maximum atomic E-state index is 11.9. The molecule has 0 aliphatic rings. The van der Waals surface area contributed by atoms with E-state index < -0.39 is 17.9 Å². The van der Waals surface area contributed by atoms with Gasteiger partial charge in [-0.1, -0.05) is 0 Å². The van der Waals surface area contributed by atoms with Gasteiger partial charge >= 0.3 is 5.97 Å². The number of anilines is 1. The van der Waals surface area contributed by atoms with E-state index in [4.69, 9.17) is 9.84 Å². The molecule has 1 aromatic carbocycles. The molecule has 0 bridgehead atoms. The summed E-state index contributed by atoms with van der Waals surface area (Å²) in [7, 11) is 0. The number of phenols is 1. The average molecular weight is 324 g/mol. The minimum absolute atomic E-state index is 0.0942. The number of hydrogen-bond acceptors (Lipinski definition) is 5. The first-order chi connectivity index (χ1) is 10.9. The lowest BCUT2D eigenvalue weighted by Gasteiger charge is -2.15. The van der Waals surface area contributed by atoms with E-state index in [1.807, 2.05) is 13.8 Å². The molecule has 0 saturated carbocycles. The van der Waals surface area contributed by atoms with E-state index in [1.54, 1.807) is 12.1 Å². The lowest BCUT2D eigenvalue weighted by atomic mass is 10.2. The summed E-state index contributed by atoms with van der Waals surface area (Å²) in [5, 5.41) is 23.8. The molecule has 0 radical (unpaired) electrons. The first-order valence-corrected chi connectivity index (χ1v) is 7.55. The molecule has 0 saturated heterocycles. The van der Waals surface area contributed by atoms with Gasteiger partial charge in [-0.15, -0.1) is 0 Å². The third kappa shape index (κ3) is 8.18. The number of nitrogens with one attached hydrogen (secondary N) is 2. The Morgan fingerprint density at radius 3 is 2.43 bits per heavy atom. The summed E-state index contributed by atoms with van der Waals surface area (Å²) in [6.07, 6.45) is 0.629. The van der Waals surface area contributed by atoms with Gasteiger partial charge in [-0.05, 0) is 51.1 Å². The molecule has 1 aromatic rings. The molecule has 1 atom stereocenters. The fourth-order valence-corrected chi connectivity index (χ4v) is 1.86. The minimum Gasteiger partial charge on any atom is -0.508 e. The van der Waals surface area contributed by atoms with Gasteiger partial charge in [0.25, 0.3) is 0 Å². The summed E-state index contributed by atoms with van der Waals surface area (Å²) in [6.45, 7) is 4.86. The molecular weight excluding hydrogens is 300 g/mol. The first kappa shape index (κ1) is 18.9. The second-order valence-corrected chi connectivity index (χ2v) is 5.42. The van der Waals surface area contributed by atoms with Crippen LogP contribution in [-0.4, -0.2) is 47.4 Å². The molecule has 7 nitrogen and oxygen atoms in total. The van der Waals surface area contributed by atoms with E-state index in [1.165, 1.54) is 12.1 Å². The van der Waals surface area contributed by atoms with E-state index >= 15 is 0 Å². The van der Waals surface area contributed by atoms with Crippen LogP contribution in [0.2, 0.25) is 0 Å². The molecule has 0 fully saturated rings. The molecule has 4 N–H and O–H groups in total. The third-order valence-corrected chi connectivity index (χ3v) is 3.00. The van der Waals surface area contributed by atoms with Crippen LogP contribution >= 0.6 is 0 Å². The van der Waals surface area contributed by atoms with Crippen molar-refractivity contribution in [3.63, 3.8) is 0 Å². The number of carboxylic acid groups (broad SMARTS) is 1. The molecule has 0 aliphatic heterocycles. The van der Waals surface area contributed by atoms with Crippen LogP contribution in [0.25, 0.3) is 0 Å². The van der Waals surface area contributed by atoms with Crippen molar-refractivity contribution >= 4 is 17.6 Å². The van der Waals surface area contributed by atoms with Gasteiger partial charge in [-0.3, -0.25) is 9.59 Å². The Morgan fingerprint density at radius 2 is 1.87 bits per heavy atom. The predicted octanol–water partition coefficient (Wildman–Crippen LogP) is 1.58. The van der Waals surface area contributed by atoms with Crippen molar-refractivity contribution in [2.45, 2.75) is 38.8 Å². The normalized spacial score (nSPS) is 12.1. The van der Waals surface area contributed by atoms with Gasteiger partial charge < -0.3 is 25.6 Å². The number of benzene rings is 1. The lowest BCUT2D eigenvalue weighted by molar-refractivity contribution is -0.141. The Kier molecular flexibility index (Phi) is 8.07. The average Bonchev–Trinajstić information content (AvgIpc) is 2.47. The van der Waals surface area contributed by atoms with E-state index in [9.17, 15) is 14.7 Å². The van der Waals surface area contributed by atoms with Gasteiger partial charge in [0.2, 0.25) is 5.91 Å². The SMILES string of the molecule is CC(C)OCCCNC(CC(=O)Nc1ccc(O)cc1)C(=O)O. The highest BCUT2D eigenvalue weighted by molar-refractivity contribution is 5.94. The molecule has 128 valence electrons. The maximum absolute atomic E-state index is 11.9. The van der Waals surface area contributed by atoms with Crippen LogP contribution in [0.3, 0.4) is 0 Å². The van der Waals surface area contributed by atoms with Crippen molar-refractivity contribution < 1.29 is 24.5 Å². The number of carbonyl (C=O) groups excluding carboxylic acids is 1. The van der Waals surface area contributed by atoms with Crippen LogP contribution in [0.4, 0.5) is 5.69 Å². The summed E-state index contributed by atoms with van der Waals surface area (Å²) in [5.41, 5.74) is 0.502. The number of aromatic hydroxyl groups is 1. The topological polar surface area (TPSA) is 108 Å². The van der Waals surface area contributed by atoms with Crippen LogP contribution in [-0.2, 0) is 14.3 Å². The summed E-state index contributed by atoms with van der Waals surface area (Å²) < 4.78 is 5.37. The highest BCUT2D eigenvalue weighted by atomic mass is 16.5. The summed E-state index contributed by atoms with van der Waals surface area (Å²) in [5.74, 6) is -1.39. The Bertz CT molecular complexity index is 502. The maximum Gasteiger partial charge on any atom is 0.321 e. The fourth-order valence-electron chi connectivity index (χ4n) is 1.86. The summed E-state index contributed by atoms with van der Waals surface area (Å²) in [4.78, 5) is 23.1. The Labute approximate surface area is 135 Å². The molecule has 0 heterocycles. The number of aliphatic carboxylic acids is 1. The number of ether oxygens (including phenoxy) is 1. The Balaban J connectivity index is 2.37. The van der Waals surface area contributed by atoms with Crippen molar-refractivity contribution in [1.29, 1.82) is 0 Å². The molecule has 0 aromatic heterocycles. The van der Waals surface area contributed by atoms with Crippen LogP contribution < -0.4 is 10.6 Å². The smallest absolute Gasteiger partial charge is 0.321 e. The van der Waals surface area contributed by atoms with Gasteiger partial charge in [0.15, 0.2) is 0 Å². The standard InChI is InChI=1S/C16H24N2O5/c1-11(2)23-9-3-8-17-14(16(21)22)10-15(20)18-12-4-6-13(19)7-5-12/h4-7,11,14,17,19H,3,8-10H2,1-2H3,(H,18,20)(H,21,22). The van der Waals surface area contributed by atoms with Crippen molar-refractivity contribution in [3.8, 4) is 5.75 Å². The van der Waals surface area contributed by atoms with Crippen molar-refractivity contribution in [3.05, 3.63) is 24.3 Å². The highest BCUT2D eigenvalue weighted by Crippen LogP contribution is 2.14. The molecule has 0 aliphatic carbocycles. The zero-order chi connectivity index (χ0) is 17.2. The number of hydrogen-bond donors (Lipinski definition) is 4. The molecule has 1 unspecified atom stereocenters. The summed E-state index contributed by atoms with van der Waals surface area (Å²) >= 11 is 0. The Hall–Kier alpha value is -2.12. The first-order valence-electron chi connectivity index (χ1n) is 7.55. The summed E-state index contributed by atoms with van der Waals surface area (Å²) in [6, 6.07) is 5.01. The zero-order valence-corrected chi connectivity index (χ0v) is 13.4. The van der Waals surface area contributed by atoms with Gasteiger partial charge in [-0.25, -0.2) is 0 Å². The largest absolute Gasteiger partial charge is 0.508 e. The number of amides is 1. The molecule has 23 heavy (non-hydrogen) atoms. The van der Waals surface area contributed by atoms with Gasteiger partial charge in [0.05, 0.1) is 12.5 Å². The van der Waals surface area contributed by atoms with Crippen LogP contribution in [0.15, 0.2) is 24.3 Å². The van der Waals surface area contributed by atoms with Crippen molar-refractivity contribution in [1.82, 2.24) is 5.32 Å². The quantitative estimate of drug-likeness (QED) is 0.384. The predicted molar refractivity (Wildman–Crippen MR) is 86.5 cm³/mol. The minimum atomic E-state index is -1.07. The van der Waals surface area contributed by atoms with E-state index in [-0.39, 0.29) is 18.3 Å². The monoisotopic (exact) mass is 324 g/mol. The second kappa shape index (κ2) is 9.81.